The Morgan fingerprint density at radius 2 is 1.52 bits per heavy atom. The highest BCUT2D eigenvalue weighted by Gasteiger charge is 2.24. The van der Waals surface area contributed by atoms with Crippen LogP contribution in [0.5, 0.6) is 5.75 Å². The Labute approximate surface area is 198 Å². The Bertz CT molecular complexity index is 1150. The van der Waals surface area contributed by atoms with Crippen molar-refractivity contribution in [3.05, 3.63) is 64.7 Å². The molecule has 2 aromatic carbocycles. The third kappa shape index (κ3) is 6.14. The Hall–Kier alpha value is -3.32. The summed E-state index contributed by atoms with van der Waals surface area (Å²) in [5.41, 5.74) is 4.39. The van der Waals surface area contributed by atoms with Gasteiger partial charge in [0.1, 0.15) is 16.4 Å². The predicted molar refractivity (Wildman–Crippen MR) is 135 cm³/mol. The summed E-state index contributed by atoms with van der Waals surface area (Å²) in [6.07, 6.45) is 0. The number of hydrogen-bond acceptors (Lipinski definition) is 5. The number of thiophene rings is 1. The van der Waals surface area contributed by atoms with Gasteiger partial charge in [0, 0.05) is 10.6 Å². The first-order valence-electron chi connectivity index (χ1n) is 10.6. The summed E-state index contributed by atoms with van der Waals surface area (Å²) in [7, 11) is 1.61. The second-order valence-corrected chi connectivity index (χ2v) is 9.99. The molecule has 6 nitrogen and oxygen atoms in total. The number of ether oxygens (including phenoxy) is 2. The zero-order valence-corrected chi connectivity index (χ0v) is 20.9. The molecule has 0 unspecified atom stereocenters. The van der Waals surface area contributed by atoms with Crippen LogP contribution in [0.4, 0.5) is 15.5 Å². The maximum atomic E-state index is 12.9. The summed E-state index contributed by atoms with van der Waals surface area (Å²) in [5, 5.41) is 6.20. The smallest absolute Gasteiger partial charge is 0.341 e. The van der Waals surface area contributed by atoms with Crippen molar-refractivity contribution in [1.29, 1.82) is 0 Å². The van der Waals surface area contributed by atoms with E-state index in [0.29, 0.717) is 10.6 Å². The molecule has 0 aliphatic rings. The highest BCUT2D eigenvalue weighted by atomic mass is 32.1. The van der Waals surface area contributed by atoms with Crippen LogP contribution in [0.15, 0.2) is 42.5 Å². The fourth-order valence-corrected chi connectivity index (χ4v) is 4.54. The van der Waals surface area contributed by atoms with E-state index in [1.54, 1.807) is 13.2 Å². The maximum Gasteiger partial charge on any atom is 0.341 e. The number of carbonyl (C=O) groups is 2. The minimum atomic E-state index is -0.658. The molecule has 0 saturated carbocycles. The number of carbonyl (C=O) groups excluding carboxylic acids is 2. The van der Waals surface area contributed by atoms with Gasteiger partial charge < -0.3 is 14.8 Å². The lowest BCUT2D eigenvalue weighted by Crippen LogP contribution is -2.25. The molecule has 0 bridgehead atoms. The van der Waals surface area contributed by atoms with E-state index < -0.39 is 17.6 Å². The van der Waals surface area contributed by atoms with Gasteiger partial charge in [-0.25, -0.2) is 9.59 Å². The van der Waals surface area contributed by atoms with Crippen LogP contribution in [0.1, 0.15) is 47.8 Å². The van der Waals surface area contributed by atoms with Gasteiger partial charge in [-0.2, -0.15) is 0 Å². The highest BCUT2D eigenvalue weighted by Crippen LogP contribution is 2.37. The van der Waals surface area contributed by atoms with Crippen molar-refractivity contribution in [2.24, 2.45) is 0 Å². The summed E-state index contributed by atoms with van der Waals surface area (Å²) in [6.45, 7) is 11.4. The number of rotatable bonds is 5. The molecule has 0 fully saturated rings. The molecule has 2 N–H and O–H groups in total. The lowest BCUT2D eigenvalue weighted by Gasteiger charge is -2.19. The average Bonchev–Trinajstić information content (AvgIpc) is 3.13. The number of urea groups is 1. The lowest BCUT2D eigenvalue weighted by atomic mass is 10.1. The number of hydrogen-bond donors (Lipinski definition) is 2. The van der Waals surface area contributed by atoms with Crippen molar-refractivity contribution in [2.45, 2.75) is 47.1 Å². The summed E-state index contributed by atoms with van der Waals surface area (Å²) in [6, 6.07) is 12.9. The van der Waals surface area contributed by atoms with Gasteiger partial charge in [-0.15, -0.1) is 11.3 Å². The largest absolute Gasteiger partial charge is 0.497 e. The Morgan fingerprint density at radius 3 is 2.06 bits per heavy atom. The number of benzene rings is 2. The van der Waals surface area contributed by atoms with Crippen molar-refractivity contribution in [1.82, 2.24) is 0 Å². The van der Waals surface area contributed by atoms with E-state index in [4.69, 9.17) is 9.47 Å². The zero-order chi connectivity index (χ0) is 24.3. The van der Waals surface area contributed by atoms with Crippen LogP contribution in [0.2, 0.25) is 0 Å². The van der Waals surface area contributed by atoms with E-state index in [1.807, 2.05) is 77.9 Å². The van der Waals surface area contributed by atoms with Gasteiger partial charge in [-0.1, -0.05) is 17.7 Å². The fraction of sp³-hybridized carbons (Fsp3) is 0.308. The predicted octanol–water partition coefficient (Wildman–Crippen LogP) is 6.95. The van der Waals surface area contributed by atoms with E-state index in [9.17, 15) is 9.59 Å². The fourth-order valence-electron chi connectivity index (χ4n) is 3.49. The molecule has 3 aromatic rings. The second kappa shape index (κ2) is 9.67. The third-order valence-electron chi connectivity index (χ3n) is 4.87. The number of nitrogens with one attached hydrogen (secondary N) is 2. The summed E-state index contributed by atoms with van der Waals surface area (Å²) >= 11 is 1.32. The molecule has 3 rings (SSSR count). The first-order valence-corrected chi connectivity index (χ1v) is 11.5. The normalized spacial score (nSPS) is 11.1. The molecule has 2 amide bonds. The molecule has 7 heteroatoms. The third-order valence-corrected chi connectivity index (χ3v) is 5.97. The van der Waals surface area contributed by atoms with E-state index in [2.05, 4.69) is 10.6 Å². The molecular weight excluding hydrogens is 436 g/mol. The Morgan fingerprint density at radius 1 is 0.909 bits per heavy atom. The summed E-state index contributed by atoms with van der Waals surface area (Å²) < 4.78 is 10.8. The van der Waals surface area contributed by atoms with Gasteiger partial charge in [0.25, 0.3) is 0 Å². The van der Waals surface area contributed by atoms with E-state index >= 15 is 0 Å². The molecule has 0 spiro atoms. The molecule has 1 aromatic heterocycles. The summed E-state index contributed by atoms with van der Waals surface area (Å²) in [4.78, 5) is 26.6. The SMILES string of the molecule is COc1ccc(-c2cc(C(=O)OC(C)(C)C)c(NC(=O)Nc3c(C)cc(C)cc3C)s2)cc1. The number of aryl methyl sites for hydroxylation is 3. The first kappa shape index (κ1) is 24.3. The van der Waals surface area contributed by atoms with Crippen molar-refractivity contribution in [3.8, 4) is 16.2 Å². The van der Waals surface area contributed by atoms with Gasteiger partial charge in [0.2, 0.25) is 0 Å². The minimum Gasteiger partial charge on any atom is -0.497 e. The molecule has 0 aliphatic carbocycles. The summed E-state index contributed by atoms with van der Waals surface area (Å²) in [5.74, 6) is 0.251. The highest BCUT2D eigenvalue weighted by molar-refractivity contribution is 7.20. The van der Waals surface area contributed by atoms with Crippen LogP contribution in [-0.2, 0) is 4.74 Å². The number of methoxy groups -OCH3 is 1. The standard InChI is InChI=1S/C26H30N2O4S/c1-15-12-16(2)22(17(3)13-15)27-25(30)28-23-20(24(29)32-26(4,5)6)14-21(33-23)18-8-10-19(31-7)11-9-18/h8-14H,1-7H3,(H2,27,28,30). The number of amides is 2. The van der Waals surface area contributed by atoms with Gasteiger partial charge in [0.05, 0.1) is 12.7 Å². The first-order chi connectivity index (χ1) is 15.5. The molecule has 0 atom stereocenters. The van der Waals surface area contributed by atoms with E-state index in [-0.39, 0.29) is 0 Å². The van der Waals surface area contributed by atoms with Crippen molar-refractivity contribution < 1.29 is 19.1 Å². The molecule has 0 aliphatic heterocycles. The molecular formula is C26H30N2O4S. The van der Waals surface area contributed by atoms with Crippen LogP contribution >= 0.6 is 11.3 Å². The molecule has 0 radical (unpaired) electrons. The van der Waals surface area contributed by atoms with Gasteiger partial charge in [-0.3, -0.25) is 5.32 Å². The quantitative estimate of drug-likeness (QED) is 0.399. The van der Waals surface area contributed by atoms with Crippen molar-refractivity contribution >= 4 is 34.0 Å². The zero-order valence-electron chi connectivity index (χ0n) is 20.1. The lowest BCUT2D eigenvalue weighted by molar-refractivity contribution is 0.00713. The molecule has 33 heavy (non-hydrogen) atoms. The van der Waals surface area contributed by atoms with Crippen molar-refractivity contribution in [3.63, 3.8) is 0 Å². The van der Waals surface area contributed by atoms with E-state index in [1.165, 1.54) is 11.3 Å². The Kier molecular flexibility index (Phi) is 7.12. The molecule has 1 heterocycles. The van der Waals surface area contributed by atoms with Crippen LogP contribution < -0.4 is 15.4 Å². The second-order valence-electron chi connectivity index (χ2n) is 8.94. The van der Waals surface area contributed by atoms with Crippen LogP contribution in [0, 0.1) is 20.8 Å². The van der Waals surface area contributed by atoms with Gasteiger partial charge >= 0.3 is 12.0 Å². The number of anilines is 2. The van der Waals surface area contributed by atoms with Crippen LogP contribution in [-0.4, -0.2) is 24.7 Å². The topological polar surface area (TPSA) is 76.7 Å². The minimum absolute atomic E-state index is 0.313. The van der Waals surface area contributed by atoms with Gasteiger partial charge in [0.15, 0.2) is 0 Å². The van der Waals surface area contributed by atoms with E-state index in [0.717, 1.165) is 38.6 Å². The molecule has 0 saturated heterocycles. The monoisotopic (exact) mass is 466 g/mol. The van der Waals surface area contributed by atoms with Crippen LogP contribution in [0.3, 0.4) is 0 Å². The average molecular weight is 467 g/mol. The van der Waals surface area contributed by atoms with Gasteiger partial charge in [-0.05, 0) is 88.6 Å². The maximum absolute atomic E-state index is 12.9. The molecule has 174 valence electrons. The van der Waals surface area contributed by atoms with Crippen molar-refractivity contribution in [2.75, 3.05) is 17.7 Å². The number of esters is 1. The van der Waals surface area contributed by atoms with Crippen LogP contribution in [0.25, 0.3) is 10.4 Å². The Balaban J connectivity index is 1.92.